The number of hydrogen-bond acceptors (Lipinski definition) is 10. The predicted octanol–water partition coefficient (Wildman–Crippen LogP) is 3.69. The number of aliphatic carboxylic acids is 1. The number of urea groups is 2. The molecule has 3 rings (SSSR count). The van der Waals surface area contributed by atoms with E-state index < -0.39 is 66.7 Å². The van der Waals surface area contributed by atoms with Crippen LogP contribution in [0.3, 0.4) is 0 Å². The standard InChI is InChI=1S/C38H61N7O8S2/c1-26(2)24-44(41-35(49)33(27(3)4)39-37(51)42-16-20-54-21-17-42)25-30(13-12-29-10-8-7-9-11-29)45(53-32(48)15-14-31(46)47)36(50)34(28(5)6)40-38(52)43-18-22-55-23-19-43/h7-11,26-28,30,33-34H,12-25H2,1-6H3,(H,39,51)(H,40,52)(H,41,49)(H,46,47)/t30-,33-,34-/m0/s1. The maximum absolute atomic E-state index is 14.7. The molecule has 308 valence electrons. The Hall–Kier alpha value is -3.70. The molecule has 17 heteroatoms. The summed E-state index contributed by atoms with van der Waals surface area (Å²) in [6.07, 6.45) is -0.228. The van der Waals surface area contributed by atoms with Crippen molar-refractivity contribution in [3.63, 3.8) is 0 Å². The topological polar surface area (TPSA) is 181 Å². The number of benzene rings is 1. The van der Waals surface area contributed by atoms with Gasteiger partial charge in [-0.05, 0) is 36.2 Å². The number of carboxylic acid groups (broad SMARTS) is 1. The second-order valence-electron chi connectivity index (χ2n) is 15.0. The van der Waals surface area contributed by atoms with Crippen LogP contribution in [0.2, 0.25) is 0 Å². The molecule has 0 aliphatic carbocycles. The summed E-state index contributed by atoms with van der Waals surface area (Å²) in [6.45, 7) is 13.8. The average Bonchev–Trinajstić information content (AvgIpc) is 3.15. The highest BCUT2D eigenvalue weighted by molar-refractivity contribution is 7.99. The minimum absolute atomic E-state index is 0.0128. The number of nitrogens with one attached hydrogen (secondary N) is 3. The van der Waals surface area contributed by atoms with Gasteiger partial charge in [-0.2, -0.15) is 28.6 Å². The molecule has 2 aliphatic rings. The first kappa shape index (κ1) is 45.7. The monoisotopic (exact) mass is 807 g/mol. The molecule has 55 heavy (non-hydrogen) atoms. The van der Waals surface area contributed by atoms with Gasteiger partial charge in [0.1, 0.15) is 12.1 Å². The number of hydrogen-bond donors (Lipinski definition) is 4. The highest BCUT2D eigenvalue weighted by atomic mass is 32.2. The fourth-order valence-electron chi connectivity index (χ4n) is 6.18. The molecule has 2 fully saturated rings. The van der Waals surface area contributed by atoms with E-state index in [-0.39, 0.29) is 30.8 Å². The van der Waals surface area contributed by atoms with Gasteiger partial charge in [-0.15, -0.1) is 0 Å². The van der Waals surface area contributed by atoms with Crippen molar-refractivity contribution in [2.45, 2.75) is 85.4 Å². The fourth-order valence-corrected chi connectivity index (χ4v) is 7.98. The molecule has 0 aromatic heterocycles. The number of nitrogens with zero attached hydrogens (tertiary/aromatic N) is 4. The smallest absolute Gasteiger partial charge is 0.333 e. The minimum atomic E-state index is -1.20. The van der Waals surface area contributed by atoms with Crippen LogP contribution >= 0.6 is 23.5 Å². The lowest BCUT2D eigenvalue weighted by Crippen LogP contribution is -2.61. The summed E-state index contributed by atoms with van der Waals surface area (Å²) in [5, 5.41) is 17.8. The zero-order valence-corrected chi connectivity index (χ0v) is 34.8. The molecule has 6 amide bonds. The van der Waals surface area contributed by atoms with E-state index in [1.807, 2.05) is 58.0 Å². The molecule has 1 aromatic carbocycles. The Balaban J connectivity index is 1.98. The summed E-state index contributed by atoms with van der Waals surface area (Å²) in [6, 6.07) is 6.07. The number of thioether (sulfide) groups is 2. The average molecular weight is 808 g/mol. The number of hydroxylamine groups is 2. The maximum atomic E-state index is 14.7. The van der Waals surface area contributed by atoms with Gasteiger partial charge in [0.15, 0.2) is 0 Å². The van der Waals surface area contributed by atoms with Crippen LogP contribution < -0.4 is 16.1 Å². The van der Waals surface area contributed by atoms with E-state index in [1.54, 1.807) is 52.2 Å². The molecule has 0 bridgehead atoms. The minimum Gasteiger partial charge on any atom is -0.481 e. The third kappa shape index (κ3) is 15.8. The fraction of sp³-hybridized carbons (Fsp3) is 0.684. The van der Waals surface area contributed by atoms with Gasteiger partial charge in [0, 0.05) is 62.3 Å². The molecule has 15 nitrogen and oxygen atoms in total. The number of hydrazine groups is 1. The van der Waals surface area contributed by atoms with E-state index in [2.05, 4.69) is 16.1 Å². The molecule has 2 saturated heterocycles. The number of amides is 6. The molecule has 2 heterocycles. The van der Waals surface area contributed by atoms with Gasteiger partial charge < -0.3 is 30.4 Å². The molecule has 0 spiro atoms. The van der Waals surface area contributed by atoms with E-state index in [4.69, 9.17) is 4.84 Å². The van der Waals surface area contributed by atoms with Crippen molar-refractivity contribution in [1.82, 2.24) is 35.9 Å². The van der Waals surface area contributed by atoms with Crippen molar-refractivity contribution in [2.24, 2.45) is 17.8 Å². The summed E-state index contributed by atoms with van der Waals surface area (Å²) in [5.41, 5.74) is 3.97. The van der Waals surface area contributed by atoms with Crippen molar-refractivity contribution in [3.8, 4) is 0 Å². The number of rotatable bonds is 18. The number of carboxylic acids is 1. The predicted molar refractivity (Wildman–Crippen MR) is 215 cm³/mol. The zero-order chi connectivity index (χ0) is 40.5. The van der Waals surface area contributed by atoms with Crippen LogP contribution in [-0.4, -0.2) is 141 Å². The van der Waals surface area contributed by atoms with Crippen molar-refractivity contribution >= 4 is 59.3 Å². The van der Waals surface area contributed by atoms with Crippen molar-refractivity contribution < 1.29 is 38.7 Å². The van der Waals surface area contributed by atoms with Crippen LogP contribution in [0.4, 0.5) is 9.59 Å². The molecule has 0 saturated carbocycles. The summed E-state index contributed by atoms with van der Waals surface area (Å²) < 4.78 is 0. The first-order valence-corrected chi connectivity index (χ1v) is 21.6. The molecular weight excluding hydrogens is 747 g/mol. The van der Waals surface area contributed by atoms with Crippen molar-refractivity contribution in [1.29, 1.82) is 0 Å². The Morgan fingerprint density at radius 3 is 1.78 bits per heavy atom. The Labute approximate surface area is 334 Å². The normalized spacial score (nSPS) is 16.4. The summed E-state index contributed by atoms with van der Waals surface area (Å²) in [7, 11) is 0. The second kappa shape index (κ2) is 23.4. The Morgan fingerprint density at radius 2 is 1.29 bits per heavy atom. The van der Waals surface area contributed by atoms with Crippen molar-refractivity contribution in [2.75, 3.05) is 62.3 Å². The third-order valence-corrected chi connectivity index (χ3v) is 11.1. The second-order valence-corrected chi connectivity index (χ2v) is 17.5. The number of carbonyl (C=O) groups is 6. The first-order chi connectivity index (χ1) is 26.2. The van der Waals surface area contributed by atoms with Gasteiger partial charge >= 0.3 is 24.0 Å². The molecular formula is C38H61N7O8S2. The van der Waals surface area contributed by atoms with Gasteiger partial charge in [-0.1, -0.05) is 71.9 Å². The van der Waals surface area contributed by atoms with Crippen molar-refractivity contribution in [3.05, 3.63) is 35.9 Å². The first-order valence-electron chi connectivity index (χ1n) is 19.3. The number of carbonyl (C=O) groups excluding carboxylic acids is 5. The summed E-state index contributed by atoms with van der Waals surface area (Å²) in [5.74, 6) is -0.621. The highest BCUT2D eigenvalue weighted by Crippen LogP contribution is 2.19. The Bertz CT molecular complexity index is 1410. The van der Waals surface area contributed by atoms with E-state index in [9.17, 15) is 33.9 Å². The highest BCUT2D eigenvalue weighted by Gasteiger charge is 2.38. The van der Waals surface area contributed by atoms with Crippen LogP contribution in [0, 0.1) is 17.8 Å². The summed E-state index contributed by atoms with van der Waals surface area (Å²) in [4.78, 5) is 89.0. The summed E-state index contributed by atoms with van der Waals surface area (Å²) >= 11 is 3.52. The lowest BCUT2D eigenvalue weighted by atomic mass is 10.0. The SMILES string of the molecule is CC(C)CN(C[C@H](CCc1ccccc1)N(OC(=O)CCC(=O)O)C(=O)[C@@H](NC(=O)N1CCSCC1)C(C)C)NC(=O)[C@@H](NC(=O)N1CCSCC1)C(C)C. The van der Waals surface area contributed by atoms with Gasteiger partial charge in [-0.3, -0.25) is 19.8 Å². The van der Waals surface area contributed by atoms with E-state index in [0.717, 1.165) is 33.6 Å². The lowest BCUT2D eigenvalue weighted by Gasteiger charge is -2.38. The molecule has 0 radical (unpaired) electrons. The Morgan fingerprint density at radius 1 is 0.764 bits per heavy atom. The quantitative estimate of drug-likeness (QED) is 0.159. The molecule has 1 aromatic rings. The maximum Gasteiger partial charge on any atom is 0.333 e. The van der Waals surface area contributed by atoms with Crippen LogP contribution in [0.1, 0.15) is 66.4 Å². The van der Waals surface area contributed by atoms with Gasteiger partial charge in [0.05, 0.1) is 18.9 Å². The van der Waals surface area contributed by atoms with Crippen LogP contribution in [-0.2, 0) is 30.4 Å². The van der Waals surface area contributed by atoms with Crippen LogP contribution in [0.25, 0.3) is 0 Å². The van der Waals surface area contributed by atoms with E-state index >= 15 is 0 Å². The van der Waals surface area contributed by atoms with Gasteiger partial charge in [-0.25, -0.2) is 19.4 Å². The third-order valence-electron chi connectivity index (χ3n) is 9.22. The van der Waals surface area contributed by atoms with E-state index in [0.29, 0.717) is 39.1 Å². The zero-order valence-electron chi connectivity index (χ0n) is 33.2. The molecule has 3 atom stereocenters. The molecule has 2 aliphatic heterocycles. The number of aryl methyl sites for hydroxylation is 1. The van der Waals surface area contributed by atoms with Gasteiger partial charge in [0.2, 0.25) is 0 Å². The van der Waals surface area contributed by atoms with E-state index in [1.165, 1.54) is 0 Å². The van der Waals surface area contributed by atoms with Crippen LogP contribution in [0.15, 0.2) is 30.3 Å². The van der Waals surface area contributed by atoms with Gasteiger partial charge in [0.25, 0.3) is 11.8 Å². The van der Waals surface area contributed by atoms with Crippen LogP contribution in [0.5, 0.6) is 0 Å². The Kier molecular flexibility index (Phi) is 19.4. The molecule has 4 N–H and O–H groups in total. The largest absolute Gasteiger partial charge is 0.481 e. The lowest BCUT2D eigenvalue weighted by molar-refractivity contribution is -0.212. The molecule has 0 unspecified atom stereocenters.